The van der Waals surface area contributed by atoms with Crippen LogP contribution >= 0.6 is 0 Å². The maximum atomic E-state index is 9.23. The van der Waals surface area contributed by atoms with Gasteiger partial charge in [0.25, 0.3) is 0 Å². The lowest BCUT2D eigenvalue weighted by Gasteiger charge is -2.23. The summed E-state index contributed by atoms with van der Waals surface area (Å²) in [5, 5.41) is 13.3. The lowest BCUT2D eigenvalue weighted by molar-refractivity contribution is -0.0819. The van der Waals surface area contributed by atoms with Crippen molar-refractivity contribution in [2.45, 2.75) is 6.10 Å². The van der Waals surface area contributed by atoms with Gasteiger partial charge in [-0.05, 0) is 12.1 Å². The second kappa shape index (κ2) is 5.87. The summed E-state index contributed by atoms with van der Waals surface area (Å²) in [6.07, 6.45) is 0.0301. The summed E-state index contributed by atoms with van der Waals surface area (Å²) in [5.41, 5.74) is 1.44. The highest BCUT2D eigenvalue weighted by Crippen LogP contribution is 2.20. The zero-order valence-electron chi connectivity index (χ0n) is 11.0. The van der Waals surface area contributed by atoms with E-state index in [0.29, 0.717) is 37.7 Å². The minimum absolute atomic E-state index is 0.0301. The molecule has 0 amide bonds. The first-order valence-electron chi connectivity index (χ1n) is 6.60. The molecule has 2 aromatic rings. The number of hydrogen-bond donors (Lipinski definition) is 1. The van der Waals surface area contributed by atoms with Gasteiger partial charge in [0.15, 0.2) is 0 Å². The van der Waals surface area contributed by atoms with Crippen LogP contribution in [0.15, 0.2) is 30.3 Å². The van der Waals surface area contributed by atoms with E-state index in [1.165, 1.54) is 0 Å². The highest BCUT2D eigenvalue weighted by Gasteiger charge is 2.14. The third-order valence-corrected chi connectivity index (χ3v) is 3.23. The maximum Gasteiger partial charge on any atom is 0.128 e. The largest absolute Gasteiger partial charge is 0.376 e. The molecule has 1 unspecified atom stereocenters. The first-order valence-corrected chi connectivity index (χ1v) is 6.60. The summed E-state index contributed by atoms with van der Waals surface area (Å²) >= 11 is 0. The Morgan fingerprint density at radius 2 is 2.25 bits per heavy atom. The van der Waals surface area contributed by atoms with Crippen LogP contribution in [0.5, 0.6) is 0 Å². The molecule has 1 atom stereocenters. The fourth-order valence-corrected chi connectivity index (χ4v) is 2.23. The summed E-state index contributed by atoms with van der Waals surface area (Å²) in [7, 11) is 0. The van der Waals surface area contributed by atoms with Crippen molar-refractivity contribution in [2.75, 3.05) is 31.7 Å². The van der Waals surface area contributed by atoms with Crippen LogP contribution in [-0.4, -0.2) is 37.5 Å². The minimum Gasteiger partial charge on any atom is -0.376 e. The number of para-hydroxylation sites is 1. The van der Waals surface area contributed by atoms with Crippen LogP contribution in [0.2, 0.25) is 0 Å². The molecule has 0 saturated carbocycles. The molecule has 1 aromatic carbocycles. The maximum absolute atomic E-state index is 9.23. The molecule has 0 radical (unpaired) electrons. The van der Waals surface area contributed by atoms with Crippen LogP contribution in [0.3, 0.4) is 0 Å². The topological polar surface area (TPSA) is 67.2 Å². The fourth-order valence-electron chi connectivity index (χ4n) is 2.23. The van der Waals surface area contributed by atoms with Gasteiger partial charge in [-0.2, -0.15) is 5.26 Å². The normalized spacial score (nSPS) is 18.6. The number of rotatable bonds is 3. The van der Waals surface area contributed by atoms with Gasteiger partial charge >= 0.3 is 0 Å². The summed E-state index contributed by atoms with van der Waals surface area (Å²) in [6.45, 7) is 2.49. The molecule has 0 spiro atoms. The molecule has 0 bridgehead atoms. The molecule has 5 nitrogen and oxygen atoms in total. The van der Waals surface area contributed by atoms with E-state index in [2.05, 4.69) is 16.4 Å². The second-order valence-corrected chi connectivity index (χ2v) is 4.63. The number of nitrogens with one attached hydrogen (secondary N) is 1. The van der Waals surface area contributed by atoms with Gasteiger partial charge in [0, 0.05) is 11.9 Å². The van der Waals surface area contributed by atoms with Gasteiger partial charge in [0.05, 0.1) is 43.1 Å². The van der Waals surface area contributed by atoms with Crippen molar-refractivity contribution in [3.63, 3.8) is 0 Å². The molecule has 2 heterocycles. The Kier molecular flexibility index (Phi) is 3.77. The van der Waals surface area contributed by atoms with Gasteiger partial charge in [0.2, 0.25) is 0 Å². The zero-order chi connectivity index (χ0) is 13.8. The average molecular weight is 269 g/mol. The molecular formula is C15H15N3O2. The molecule has 1 fully saturated rings. The molecule has 1 N–H and O–H groups in total. The lowest BCUT2D eigenvalue weighted by atomic mass is 10.1. The van der Waals surface area contributed by atoms with Gasteiger partial charge in [-0.3, -0.25) is 0 Å². The Labute approximate surface area is 117 Å². The Hall–Kier alpha value is -2.16. The molecule has 1 aliphatic heterocycles. The van der Waals surface area contributed by atoms with Crippen molar-refractivity contribution in [3.8, 4) is 6.07 Å². The quantitative estimate of drug-likeness (QED) is 0.922. The van der Waals surface area contributed by atoms with Gasteiger partial charge in [-0.15, -0.1) is 0 Å². The van der Waals surface area contributed by atoms with Crippen LogP contribution in [0, 0.1) is 11.3 Å². The Morgan fingerprint density at radius 3 is 3.05 bits per heavy atom. The summed E-state index contributed by atoms with van der Waals surface area (Å²) in [4.78, 5) is 4.51. The van der Waals surface area contributed by atoms with E-state index in [-0.39, 0.29) is 6.10 Å². The molecule has 0 aliphatic carbocycles. The van der Waals surface area contributed by atoms with Crippen molar-refractivity contribution < 1.29 is 9.47 Å². The number of ether oxygens (including phenoxy) is 2. The summed E-state index contributed by atoms with van der Waals surface area (Å²) in [5.74, 6) is 0.689. The van der Waals surface area contributed by atoms with Crippen LogP contribution in [0.4, 0.5) is 5.82 Å². The number of benzene rings is 1. The van der Waals surface area contributed by atoms with Crippen LogP contribution in [0.1, 0.15) is 5.56 Å². The Morgan fingerprint density at radius 1 is 1.35 bits per heavy atom. The number of hydrogen-bond acceptors (Lipinski definition) is 5. The number of aromatic nitrogens is 1. The number of pyridine rings is 1. The first-order chi connectivity index (χ1) is 9.86. The predicted molar refractivity (Wildman–Crippen MR) is 75.5 cm³/mol. The molecular weight excluding hydrogens is 254 g/mol. The van der Waals surface area contributed by atoms with E-state index >= 15 is 0 Å². The monoisotopic (exact) mass is 269 g/mol. The van der Waals surface area contributed by atoms with E-state index in [9.17, 15) is 5.26 Å². The third kappa shape index (κ3) is 2.72. The van der Waals surface area contributed by atoms with Crippen LogP contribution < -0.4 is 5.32 Å². The molecule has 1 aromatic heterocycles. The van der Waals surface area contributed by atoms with E-state index in [0.717, 1.165) is 10.9 Å². The van der Waals surface area contributed by atoms with Gasteiger partial charge in [-0.1, -0.05) is 18.2 Å². The first kappa shape index (κ1) is 12.9. The van der Waals surface area contributed by atoms with E-state index in [1.54, 1.807) is 6.07 Å². The highest BCUT2D eigenvalue weighted by molar-refractivity contribution is 5.86. The SMILES string of the molecule is N#Cc1cc(NCC2COCCO2)nc2ccccc12. The Balaban J connectivity index is 1.79. The fraction of sp³-hybridized carbons (Fsp3) is 0.333. The minimum atomic E-state index is 0.0301. The zero-order valence-corrected chi connectivity index (χ0v) is 11.0. The standard InChI is InChI=1S/C15H15N3O2/c16-8-11-7-15(17-9-12-10-19-5-6-20-12)18-14-4-2-1-3-13(11)14/h1-4,7,12H,5-6,9-10H2,(H,17,18). The number of anilines is 1. The molecule has 20 heavy (non-hydrogen) atoms. The Bertz CT molecular complexity index is 645. The summed E-state index contributed by atoms with van der Waals surface area (Å²) in [6, 6.07) is 11.6. The van der Waals surface area contributed by atoms with Gasteiger partial charge in [0.1, 0.15) is 5.82 Å². The highest BCUT2D eigenvalue weighted by atomic mass is 16.6. The second-order valence-electron chi connectivity index (χ2n) is 4.63. The average Bonchev–Trinajstić information content (AvgIpc) is 2.53. The smallest absolute Gasteiger partial charge is 0.128 e. The van der Waals surface area contributed by atoms with E-state index in [1.807, 2.05) is 24.3 Å². The molecule has 3 rings (SSSR count). The molecule has 102 valence electrons. The van der Waals surface area contributed by atoms with E-state index < -0.39 is 0 Å². The summed E-state index contributed by atoms with van der Waals surface area (Å²) < 4.78 is 10.9. The number of nitriles is 1. The van der Waals surface area contributed by atoms with Gasteiger partial charge < -0.3 is 14.8 Å². The van der Waals surface area contributed by atoms with Crippen molar-refractivity contribution in [1.82, 2.24) is 4.98 Å². The van der Waals surface area contributed by atoms with Crippen molar-refractivity contribution in [2.24, 2.45) is 0 Å². The molecule has 1 saturated heterocycles. The van der Waals surface area contributed by atoms with Crippen molar-refractivity contribution in [3.05, 3.63) is 35.9 Å². The third-order valence-electron chi connectivity index (χ3n) is 3.23. The van der Waals surface area contributed by atoms with Crippen molar-refractivity contribution in [1.29, 1.82) is 5.26 Å². The van der Waals surface area contributed by atoms with E-state index in [4.69, 9.17) is 9.47 Å². The molecule has 5 heteroatoms. The number of nitrogens with zero attached hydrogens (tertiary/aromatic N) is 2. The predicted octanol–water partition coefficient (Wildman–Crippen LogP) is 1.93. The van der Waals surface area contributed by atoms with Crippen LogP contribution in [-0.2, 0) is 9.47 Å². The van der Waals surface area contributed by atoms with Crippen molar-refractivity contribution >= 4 is 16.7 Å². The van der Waals surface area contributed by atoms with Crippen LogP contribution in [0.25, 0.3) is 10.9 Å². The number of fused-ring (bicyclic) bond motifs is 1. The molecule has 1 aliphatic rings. The van der Waals surface area contributed by atoms with Gasteiger partial charge in [-0.25, -0.2) is 4.98 Å². The lowest BCUT2D eigenvalue weighted by Crippen LogP contribution is -2.34.